The number of nitrogens with one attached hydrogen (secondary N) is 1. The van der Waals surface area contributed by atoms with E-state index in [0.717, 1.165) is 19.5 Å². The van der Waals surface area contributed by atoms with E-state index in [9.17, 15) is 41.5 Å². The Morgan fingerprint density at radius 3 is 2.10 bits per heavy atom. The summed E-state index contributed by atoms with van der Waals surface area (Å²) in [7, 11) is 0. The van der Waals surface area contributed by atoms with Crippen molar-refractivity contribution in [3.63, 3.8) is 0 Å². The van der Waals surface area contributed by atoms with E-state index in [1.807, 2.05) is 6.92 Å². The molecule has 0 spiro atoms. The summed E-state index contributed by atoms with van der Waals surface area (Å²) in [5.74, 6) is -12.7. The summed E-state index contributed by atoms with van der Waals surface area (Å²) >= 11 is 0. The van der Waals surface area contributed by atoms with E-state index in [0.29, 0.717) is 29.1 Å². The Kier molecular flexibility index (Phi) is 9.58. The Morgan fingerprint density at radius 1 is 1.00 bits per heavy atom. The number of aromatic nitrogens is 2. The lowest BCUT2D eigenvalue weighted by Gasteiger charge is -2.27. The Hall–Kier alpha value is -4.33. The number of aromatic carboxylic acids is 1. The van der Waals surface area contributed by atoms with Gasteiger partial charge in [0.25, 0.3) is 5.91 Å². The van der Waals surface area contributed by atoms with Gasteiger partial charge in [-0.1, -0.05) is 25.5 Å². The summed E-state index contributed by atoms with van der Waals surface area (Å²) in [5, 5.41) is 18.4. The number of halogens is 5. The number of hydrogen-bond donors (Lipinski definition) is 3. The van der Waals surface area contributed by atoms with E-state index in [2.05, 4.69) is 4.98 Å². The zero-order valence-corrected chi connectivity index (χ0v) is 21.4. The highest BCUT2D eigenvalue weighted by molar-refractivity contribution is 6.03. The molecule has 2 aromatic carbocycles. The summed E-state index contributed by atoms with van der Waals surface area (Å²) in [5.41, 5.74) is 0.433. The zero-order chi connectivity index (χ0) is 29.7. The van der Waals surface area contributed by atoms with Crippen LogP contribution in [0.2, 0.25) is 0 Å². The zero-order valence-electron chi connectivity index (χ0n) is 21.4. The van der Waals surface area contributed by atoms with Crippen LogP contribution in [0, 0.1) is 29.1 Å². The second-order valence-electron chi connectivity index (χ2n) is 8.95. The Bertz CT molecular complexity index is 1400. The number of nitrogens with zero attached hydrogens (tertiary/aromatic N) is 3. The fourth-order valence-corrected chi connectivity index (χ4v) is 4.12. The van der Waals surface area contributed by atoms with Gasteiger partial charge in [0.15, 0.2) is 23.3 Å². The van der Waals surface area contributed by atoms with Gasteiger partial charge in [-0.3, -0.25) is 14.9 Å². The number of carbonyl (C=O) groups excluding carboxylic acids is 2. The summed E-state index contributed by atoms with van der Waals surface area (Å²) in [4.78, 5) is 41.9. The number of benzene rings is 2. The van der Waals surface area contributed by atoms with Gasteiger partial charge in [0, 0.05) is 24.6 Å². The first-order valence-corrected chi connectivity index (χ1v) is 12.1. The summed E-state index contributed by atoms with van der Waals surface area (Å²) in [6, 6.07) is 2.83. The largest absolute Gasteiger partial charge is 0.478 e. The minimum Gasteiger partial charge on any atom is -0.478 e. The molecule has 1 atom stereocenters. The number of imidazole rings is 1. The van der Waals surface area contributed by atoms with Crippen LogP contribution in [0.25, 0.3) is 0 Å². The lowest BCUT2D eigenvalue weighted by Crippen LogP contribution is -2.49. The number of carbonyl (C=O) groups is 3. The van der Waals surface area contributed by atoms with Crippen LogP contribution in [0.5, 0.6) is 0 Å². The number of unbranched alkanes of at least 4 members (excludes halogenated alkanes) is 1. The van der Waals surface area contributed by atoms with E-state index in [-0.39, 0.29) is 17.8 Å². The smallest absolute Gasteiger partial charge is 0.348 e. The maximum absolute atomic E-state index is 14.3. The van der Waals surface area contributed by atoms with Crippen molar-refractivity contribution in [3.8, 4) is 0 Å². The average Bonchev–Trinajstić information content (AvgIpc) is 3.34. The van der Waals surface area contributed by atoms with Crippen molar-refractivity contribution < 1.29 is 46.6 Å². The highest BCUT2D eigenvalue weighted by Crippen LogP contribution is 2.26. The number of rotatable bonds is 10. The van der Waals surface area contributed by atoms with Gasteiger partial charge in [0.05, 0.1) is 11.8 Å². The van der Waals surface area contributed by atoms with Gasteiger partial charge >= 0.3 is 12.0 Å². The Labute approximate surface area is 224 Å². The monoisotopic (exact) mass is 568 g/mol. The molecule has 3 rings (SSSR count). The third-order valence-corrected chi connectivity index (χ3v) is 6.23. The molecule has 0 radical (unpaired) electrons. The molecule has 14 heteroatoms. The van der Waals surface area contributed by atoms with Crippen molar-refractivity contribution >= 4 is 17.9 Å². The number of amides is 3. The number of urea groups is 1. The molecule has 0 saturated heterocycles. The van der Waals surface area contributed by atoms with Crippen LogP contribution in [-0.4, -0.2) is 48.7 Å². The fraction of sp³-hybridized carbons (Fsp3) is 0.308. The Morgan fingerprint density at radius 2 is 1.57 bits per heavy atom. The van der Waals surface area contributed by atoms with Crippen LogP contribution in [-0.2, 0) is 19.4 Å². The second kappa shape index (κ2) is 12.7. The van der Waals surface area contributed by atoms with E-state index in [4.69, 9.17) is 5.11 Å². The molecule has 40 heavy (non-hydrogen) atoms. The normalized spacial score (nSPS) is 11.8. The third-order valence-electron chi connectivity index (χ3n) is 6.23. The molecular formula is C26H25F5N4O5. The van der Waals surface area contributed by atoms with Crippen LogP contribution >= 0.6 is 0 Å². The van der Waals surface area contributed by atoms with Gasteiger partial charge in [-0.25, -0.2) is 42.0 Å². The van der Waals surface area contributed by atoms with Gasteiger partial charge < -0.3 is 9.67 Å². The second-order valence-corrected chi connectivity index (χ2v) is 8.95. The van der Waals surface area contributed by atoms with E-state index >= 15 is 0 Å². The molecule has 9 nitrogen and oxygen atoms in total. The number of imide groups is 1. The Balaban J connectivity index is 2.02. The van der Waals surface area contributed by atoms with Gasteiger partial charge in [0.1, 0.15) is 11.5 Å². The van der Waals surface area contributed by atoms with E-state index in [1.165, 1.54) is 34.3 Å². The SMILES string of the molecule is CCCCc1ncc(C(=O)N(C(=O)NO)C(C)Cc2c(F)c(F)c(F)c(F)c2F)n1Cc1ccc(C(=O)O)cc1. The van der Waals surface area contributed by atoms with Gasteiger partial charge in [-0.15, -0.1) is 0 Å². The van der Waals surface area contributed by atoms with E-state index < -0.39 is 65.0 Å². The molecule has 0 aliphatic rings. The summed E-state index contributed by atoms with van der Waals surface area (Å²) in [6.07, 6.45) is 2.06. The quantitative estimate of drug-likeness (QED) is 0.106. The predicted octanol–water partition coefficient (Wildman–Crippen LogP) is 4.84. The number of aryl methyl sites for hydroxylation is 1. The lowest BCUT2D eigenvalue weighted by molar-refractivity contribution is 0.0667. The van der Waals surface area contributed by atoms with Crippen LogP contribution in [0.3, 0.4) is 0 Å². The molecule has 0 fully saturated rings. The molecule has 0 aliphatic carbocycles. The summed E-state index contributed by atoms with van der Waals surface area (Å²) < 4.78 is 71.0. The number of hydrogen-bond acceptors (Lipinski definition) is 5. The number of carboxylic acid groups (broad SMARTS) is 1. The molecule has 0 aliphatic heterocycles. The van der Waals surface area contributed by atoms with Crippen LogP contribution in [0.1, 0.15) is 64.5 Å². The highest BCUT2D eigenvalue weighted by Gasteiger charge is 2.34. The molecule has 3 aromatic rings. The van der Waals surface area contributed by atoms with Crippen molar-refractivity contribution in [1.82, 2.24) is 19.9 Å². The maximum Gasteiger partial charge on any atom is 0.348 e. The maximum atomic E-state index is 14.3. The lowest BCUT2D eigenvalue weighted by atomic mass is 10.0. The van der Waals surface area contributed by atoms with Crippen molar-refractivity contribution in [3.05, 3.63) is 87.8 Å². The van der Waals surface area contributed by atoms with Crippen LogP contribution in [0.15, 0.2) is 30.5 Å². The van der Waals surface area contributed by atoms with Gasteiger partial charge in [0.2, 0.25) is 5.82 Å². The third kappa shape index (κ3) is 6.11. The van der Waals surface area contributed by atoms with Gasteiger partial charge in [-0.05, 0) is 37.5 Å². The minimum absolute atomic E-state index is 0.0145. The minimum atomic E-state index is -2.35. The molecule has 1 heterocycles. The standard InChI is InChI=1S/C26H25F5N4O5/c1-3-4-5-18-32-11-17(34(18)12-14-6-8-15(9-7-14)25(37)38)24(36)35(26(39)33-40)13(2)10-16-19(27)21(29)23(31)22(30)20(16)28/h6-9,11,13,40H,3-5,10,12H2,1-2H3,(H,33,39)(H,37,38). The molecule has 1 unspecified atom stereocenters. The van der Waals surface area contributed by atoms with E-state index in [1.54, 1.807) is 0 Å². The first-order chi connectivity index (χ1) is 18.9. The van der Waals surface area contributed by atoms with Crippen molar-refractivity contribution in [1.29, 1.82) is 0 Å². The molecule has 1 aromatic heterocycles. The van der Waals surface area contributed by atoms with Crippen molar-refractivity contribution in [2.24, 2.45) is 0 Å². The molecule has 0 saturated carbocycles. The molecule has 3 N–H and O–H groups in total. The molecule has 0 bridgehead atoms. The first kappa shape index (κ1) is 30.2. The van der Waals surface area contributed by atoms with Crippen molar-refractivity contribution in [2.45, 2.75) is 52.1 Å². The molecular weight excluding hydrogens is 543 g/mol. The van der Waals surface area contributed by atoms with Gasteiger partial charge in [-0.2, -0.15) is 0 Å². The predicted molar refractivity (Wildman–Crippen MR) is 129 cm³/mol. The van der Waals surface area contributed by atoms with Crippen LogP contribution < -0.4 is 5.48 Å². The fourth-order valence-electron chi connectivity index (χ4n) is 4.12. The highest BCUT2D eigenvalue weighted by atomic mass is 19.2. The molecule has 214 valence electrons. The number of hydroxylamine groups is 1. The van der Waals surface area contributed by atoms with Crippen LogP contribution in [0.4, 0.5) is 26.7 Å². The first-order valence-electron chi connectivity index (χ1n) is 12.1. The van der Waals surface area contributed by atoms with Crippen molar-refractivity contribution in [2.75, 3.05) is 0 Å². The number of carboxylic acids is 1. The average molecular weight is 568 g/mol. The molecule has 3 amide bonds. The summed E-state index contributed by atoms with van der Waals surface area (Å²) in [6.45, 7) is 3.06. The topological polar surface area (TPSA) is 125 Å².